The van der Waals surface area contributed by atoms with Gasteiger partial charge in [0, 0.05) is 40.1 Å². The highest BCUT2D eigenvalue weighted by Gasteiger charge is 2.10. The fourth-order valence-corrected chi connectivity index (χ4v) is 2.22. The van der Waals surface area contributed by atoms with Crippen molar-refractivity contribution in [2.45, 2.75) is 19.6 Å². The van der Waals surface area contributed by atoms with Crippen LogP contribution in [0, 0.1) is 5.82 Å². The second kappa shape index (κ2) is 6.81. The van der Waals surface area contributed by atoms with Gasteiger partial charge < -0.3 is 10.1 Å². The molecule has 0 aliphatic heterocycles. The van der Waals surface area contributed by atoms with Crippen LogP contribution >= 0.6 is 15.9 Å². The zero-order valence-corrected chi connectivity index (χ0v) is 12.9. The lowest BCUT2D eigenvalue weighted by Crippen LogP contribution is -2.13. The summed E-state index contributed by atoms with van der Waals surface area (Å²) in [6.07, 6.45) is 3.43. The number of hydrogen-bond acceptors (Lipinski definition) is 3. The highest BCUT2D eigenvalue weighted by molar-refractivity contribution is 9.10. The third-order valence-electron chi connectivity index (χ3n) is 3.04. The van der Waals surface area contributed by atoms with Gasteiger partial charge in [-0.2, -0.15) is 0 Å². The van der Waals surface area contributed by atoms with E-state index in [1.807, 2.05) is 13.0 Å². The average Bonchev–Trinajstić information content (AvgIpc) is 2.44. The first-order chi connectivity index (χ1) is 9.60. The van der Waals surface area contributed by atoms with E-state index < -0.39 is 0 Å². The maximum atomic E-state index is 13.9. The van der Waals surface area contributed by atoms with E-state index >= 15 is 0 Å². The highest BCUT2D eigenvalue weighted by Crippen LogP contribution is 2.22. The third kappa shape index (κ3) is 3.77. The van der Waals surface area contributed by atoms with Gasteiger partial charge in [-0.3, -0.25) is 4.98 Å². The lowest BCUT2D eigenvalue weighted by molar-refractivity contribution is 0.303. The summed E-state index contributed by atoms with van der Waals surface area (Å²) >= 11 is 3.35. The Morgan fingerprint density at radius 2 is 2.15 bits per heavy atom. The molecule has 5 heteroatoms. The quantitative estimate of drug-likeness (QED) is 0.899. The number of nitrogens with zero attached hydrogens (tertiary/aromatic N) is 1. The van der Waals surface area contributed by atoms with Crippen LogP contribution in [-0.2, 0) is 6.61 Å². The number of aromatic nitrogens is 1. The Kier molecular flexibility index (Phi) is 5.09. The van der Waals surface area contributed by atoms with Gasteiger partial charge in [-0.25, -0.2) is 4.39 Å². The van der Waals surface area contributed by atoms with E-state index in [4.69, 9.17) is 4.74 Å². The van der Waals surface area contributed by atoms with Crippen LogP contribution in [0.1, 0.15) is 24.1 Å². The molecule has 1 aromatic carbocycles. The molecule has 0 aliphatic carbocycles. The molecule has 2 rings (SSSR count). The molecular formula is C15H16BrFN2O. The maximum Gasteiger partial charge on any atom is 0.131 e. The Balaban J connectivity index is 2.05. The largest absolute Gasteiger partial charge is 0.489 e. The van der Waals surface area contributed by atoms with E-state index in [2.05, 4.69) is 26.2 Å². The third-order valence-corrected chi connectivity index (χ3v) is 3.47. The van der Waals surface area contributed by atoms with Gasteiger partial charge in [-0.05, 0) is 42.0 Å². The number of hydrogen-bond donors (Lipinski definition) is 1. The lowest BCUT2D eigenvalue weighted by Gasteiger charge is -2.13. The summed E-state index contributed by atoms with van der Waals surface area (Å²) in [5.41, 5.74) is 1.55. The molecule has 20 heavy (non-hydrogen) atoms. The SMILES string of the molecule is CNC(C)c1ccc(OCc2cncc(Br)c2)cc1F. The monoisotopic (exact) mass is 338 g/mol. The van der Waals surface area contributed by atoms with Crippen molar-refractivity contribution in [2.24, 2.45) is 0 Å². The number of ether oxygens (including phenoxy) is 1. The molecule has 3 nitrogen and oxygen atoms in total. The zero-order valence-electron chi connectivity index (χ0n) is 11.4. The molecule has 0 fully saturated rings. The summed E-state index contributed by atoms with van der Waals surface area (Å²) in [5, 5.41) is 3.01. The number of rotatable bonds is 5. The Morgan fingerprint density at radius 3 is 2.80 bits per heavy atom. The van der Waals surface area contributed by atoms with E-state index in [1.54, 1.807) is 31.6 Å². The molecule has 1 aromatic heterocycles. The van der Waals surface area contributed by atoms with Crippen molar-refractivity contribution in [3.63, 3.8) is 0 Å². The molecule has 1 heterocycles. The molecule has 0 aliphatic rings. The van der Waals surface area contributed by atoms with E-state index in [0.29, 0.717) is 17.9 Å². The first kappa shape index (κ1) is 14.9. The molecule has 1 unspecified atom stereocenters. The van der Waals surface area contributed by atoms with Crippen LogP contribution in [0.3, 0.4) is 0 Å². The van der Waals surface area contributed by atoms with E-state index in [0.717, 1.165) is 10.0 Å². The van der Waals surface area contributed by atoms with E-state index in [1.165, 1.54) is 6.07 Å². The maximum absolute atomic E-state index is 13.9. The van der Waals surface area contributed by atoms with Crippen molar-refractivity contribution < 1.29 is 9.13 Å². The van der Waals surface area contributed by atoms with Gasteiger partial charge in [0.15, 0.2) is 0 Å². The molecule has 0 spiro atoms. The van der Waals surface area contributed by atoms with Crippen molar-refractivity contribution in [3.8, 4) is 5.75 Å². The van der Waals surface area contributed by atoms with Gasteiger partial charge in [0.2, 0.25) is 0 Å². The lowest BCUT2D eigenvalue weighted by atomic mass is 10.1. The second-order valence-electron chi connectivity index (χ2n) is 4.49. The van der Waals surface area contributed by atoms with Crippen LogP contribution in [0.2, 0.25) is 0 Å². The normalized spacial score (nSPS) is 12.2. The number of nitrogens with one attached hydrogen (secondary N) is 1. The number of halogens is 2. The molecule has 0 saturated carbocycles. The summed E-state index contributed by atoms with van der Waals surface area (Å²) < 4.78 is 20.4. The van der Waals surface area contributed by atoms with Crippen molar-refractivity contribution in [3.05, 3.63) is 58.1 Å². The fraction of sp³-hybridized carbons (Fsp3) is 0.267. The number of benzene rings is 1. The fourth-order valence-electron chi connectivity index (χ4n) is 1.81. The average molecular weight is 339 g/mol. The minimum atomic E-state index is -0.267. The van der Waals surface area contributed by atoms with Crippen LogP contribution in [-0.4, -0.2) is 12.0 Å². The Bertz CT molecular complexity index is 592. The van der Waals surface area contributed by atoms with Crippen molar-refractivity contribution in [2.75, 3.05) is 7.05 Å². The molecular weight excluding hydrogens is 323 g/mol. The first-order valence-corrected chi connectivity index (χ1v) is 7.08. The van der Waals surface area contributed by atoms with Gasteiger partial charge in [0.1, 0.15) is 18.2 Å². The predicted molar refractivity (Wildman–Crippen MR) is 80.1 cm³/mol. The van der Waals surface area contributed by atoms with Gasteiger partial charge in [-0.1, -0.05) is 6.07 Å². The molecule has 0 saturated heterocycles. The van der Waals surface area contributed by atoms with Crippen molar-refractivity contribution >= 4 is 15.9 Å². The van der Waals surface area contributed by atoms with Gasteiger partial charge in [0.25, 0.3) is 0 Å². The van der Waals surface area contributed by atoms with Gasteiger partial charge >= 0.3 is 0 Å². The smallest absolute Gasteiger partial charge is 0.131 e. The molecule has 1 atom stereocenters. The van der Waals surface area contributed by atoms with Crippen LogP contribution in [0.5, 0.6) is 5.75 Å². The van der Waals surface area contributed by atoms with E-state index in [-0.39, 0.29) is 11.9 Å². The van der Waals surface area contributed by atoms with E-state index in [9.17, 15) is 4.39 Å². The Hall–Kier alpha value is -1.46. The molecule has 106 valence electrons. The van der Waals surface area contributed by atoms with Crippen molar-refractivity contribution in [1.29, 1.82) is 0 Å². The molecule has 0 radical (unpaired) electrons. The molecule has 0 bridgehead atoms. The first-order valence-electron chi connectivity index (χ1n) is 6.29. The van der Waals surface area contributed by atoms with Crippen LogP contribution < -0.4 is 10.1 Å². The summed E-state index contributed by atoms with van der Waals surface area (Å²) in [5.74, 6) is 0.242. The minimum absolute atomic E-state index is 0.0293. The molecule has 1 N–H and O–H groups in total. The molecule has 2 aromatic rings. The predicted octanol–water partition coefficient (Wildman–Crippen LogP) is 3.84. The van der Waals surface area contributed by atoms with Gasteiger partial charge in [-0.15, -0.1) is 0 Å². The van der Waals surface area contributed by atoms with Crippen LogP contribution in [0.15, 0.2) is 41.1 Å². The second-order valence-corrected chi connectivity index (χ2v) is 5.41. The molecule has 0 amide bonds. The minimum Gasteiger partial charge on any atom is -0.489 e. The zero-order chi connectivity index (χ0) is 14.5. The Labute approximate surface area is 126 Å². The summed E-state index contributed by atoms with van der Waals surface area (Å²) in [4.78, 5) is 4.05. The Morgan fingerprint density at radius 1 is 1.35 bits per heavy atom. The standard InChI is InChI=1S/C15H16BrFN2O/c1-10(18-2)14-4-3-13(6-15(14)17)20-9-11-5-12(16)8-19-7-11/h3-8,10,18H,9H2,1-2H3. The number of pyridine rings is 1. The van der Waals surface area contributed by atoms with Crippen molar-refractivity contribution in [1.82, 2.24) is 10.3 Å². The van der Waals surface area contributed by atoms with Gasteiger partial charge in [0.05, 0.1) is 0 Å². The summed E-state index contributed by atoms with van der Waals surface area (Å²) in [6, 6.07) is 6.82. The van der Waals surface area contributed by atoms with Crippen LogP contribution in [0.4, 0.5) is 4.39 Å². The summed E-state index contributed by atoms with van der Waals surface area (Å²) in [7, 11) is 1.80. The van der Waals surface area contributed by atoms with Crippen LogP contribution in [0.25, 0.3) is 0 Å². The highest BCUT2D eigenvalue weighted by atomic mass is 79.9. The summed E-state index contributed by atoms with van der Waals surface area (Å²) in [6.45, 7) is 2.26. The topological polar surface area (TPSA) is 34.1 Å².